The maximum atomic E-state index is 12.1. The molecular weight excluding hydrogens is 716 g/mol. The van der Waals surface area contributed by atoms with Crippen molar-refractivity contribution < 1.29 is 41.8 Å². The number of carbonyl (C=O) groups is 3. The number of hydrazine groups is 1. The van der Waals surface area contributed by atoms with Crippen molar-refractivity contribution in [2.75, 3.05) is 5.01 Å². The summed E-state index contributed by atoms with van der Waals surface area (Å²) < 4.78 is 51.4. The van der Waals surface area contributed by atoms with Crippen molar-refractivity contribution in [1.29, 1.82) is 0 Å². The zero-order chi connectivity index (χ0) is 38.3. The average Bonchev–Trinajstić information content (AvgIpc) is 3.92. The molecule has 0 unspecified atom stereocenters. The van der Waals surface area contributed by atoms with Crippen LogP contribution in [0, 0.1) is 5.92 Å². The van der Waals surface area contributed by atoms with Gasteiger partial charge in [0, 0.05) is 25.4 Å². The summed E-state index contributed by atoms with van der Waals surface area (Å²) in [6.45, 7) is 15.6. The lowest BCUT2D eigenvalue weighted by Gasteiger charge is -2.21. The van der Waals surface area contributed by atoms with Gasteiger partial charge < -0.3 is 14.2 Å². The first-order valence-corrected chi connectivity index (χ1v) is 16.6. The molecular formula is C34H41Cl2F3N6O6. The topological polar surface area (TPSA) is 138 Å². The Kier molecular flexibility index (Phi) is 13.5. The van der Waals surface area contributed by atoms with Crippen LogP contribution in [0.2, 0.25) is 10.3 Å². The van der Waals surface area contributed by atoms with Gasteiger partial charge in [-0.1, -0.05) is 29.8 Å². The molecule has 0 aliphatic heterocycles. The van der Waals surface area contributed by atoms with Gasteiger partial charge in [-0.2, -0.15) is 13.2 Å². The van der Waals surface area contributed by atoms with Crippen LogP contribution >= 0.6 is 23.2 Å². The lowest BCUT2D eigenvalue weighted by molar-refractivity contribution is -0.147. The molecule has 2 aliphatic rings. The fourth-order valence-corrected chi connectivity index (χ4v) is 4.17. The van der Waals surface area contributed by atoms with E-state index in [9.17, 15) is 27.6 Å². The molecule has 1 amide bonds. The Hall–Kier alpha value is -4.37. The number of alkyl halides is 3. The van der Waals surface area contributed by atoms with Gasteiger partial charge in [0.1, 0.15) is 27.6 Å². The highest BCUT2D eigenvalue weighted by Crippen LogP contribution is 2.43. The zero-order valence-electron chi connectivity index (χ0n) is 29.3. The summed E-state index contributed by atoms with van der Waals surface area (Å²) >= 11 is 12.1. The molecule has 5 rings (SSSR count). The number of esters is 2. The second kappa shape index (κ2) is 16.8. The van der Waals surface area contributed by atoms with Crippen LogP contribution in [0.1, 0.15) is 94.9 Å². The van der Waals surface area contributed by atoms with Gasteiger partial charge in [0.15, 0.2) is 11.6 Å². The highest BCUT2D eigenvalue weighted by molar-refractivity contribution is 6.32. The zero-order valence-corrected chi connectivity index (χ0v) is 30.8. The Morgan fingerprint density at radius 2 is 1.41 bits per heavy atom. The van der Waals surface area contributed by atoms with E-state index in [0.717, 1.165) is 12.8 Å². The summed E-state index contributed by atoms with van der Waals surface area (Å²) in [6.07, 6.45) is 2.34. The number of nitrogens with one attached hydrogen (secondary N) is 1. The van der Waals surface area contributed by atoms with Crippen LogP contribution in [0.4, 0.5) is 19.0 Å². The number of amides is 1. The predicted octanol–water partition coefficient (Wildman–Crippen LogP) is 8.07. The highest BCUT2D eigenvalue weighted by atomic mass is 35.5. The number of ether oxygens (including phenoxy) is 3. The van der Waals surface area contributed by atoms with Crippen molar-refractivity contribution in [3.8, 4) is 11.7 Å². The van der Waals surface area contributed by atoms with Gasteiger partial charge in [-0.25, -0.2) is 29.2 Å². The van der Waals surface area contributed by atoms with E-state index in [-0.39, 0.29) is 33.4 Å². The van der Waals surface area contributed by atoms with Gasteiger partial charge in [-0.05, 0) is 91.5 Å². The Balaban J connectivity index is 0.000000232. The Morgan fingerprint density at radius 3 is 1.80 bits per heavy atom. The minimum Gasteiger partial charge on any atom is -0.473 e. The number of aromatic nitrogens is 4. The SMILES string of the molecule is C=CN(NC(C)=O)c1ccc(C(=O)OC(C)(C)C)c(Cl)n1.CC(C)(C)OC(=O)c1ccc(-n2ccc(OC3CC3)n2)nc1Cl.FC(F)(F)C1CC1. The van der Waals surface area contributed by atoms with Gasteiger partial charge in [0.25, 0.3) is 0 Å². The number of anilines is 1. The lowest BCUT2D eigenvalue weighted by atomic mass is 10.2. The van der Waals surface area contributed by atoms with Crippen molar-refractivity contribution in [3.05, 3.63) is 70.7 Å². The van der Waals surface area contributed by atoms with Crippen LogP contribution in [0.25, 0.3) is 5.82 Å². The Bertz CT molecular complexity index is 1710. The summed E-state index contributed by atoms with van der Waals surface area (Å²) in [4.78, 5) is 43.4. The Labute approximate surface area is 304 Å². The third-order valence-corrected chi connectivity index (χ3v) is 6.84. The van der Waals surface area contributed by atoms with Gasteiger partial charge in [-0.3, -0.25) is 10.2 Å². The van der Waals surface area contributed by atoms with Gasteiger partial charge in [0.05, 0.1) is 17.0 Å². The number of hydrogen-bond donors (Lipinski definition) is 1. The molecule has 0 spiro atoms. The van der Waals surface area contributed by atoms with Crippen molar-refractivity contribution in [2.45, 2.75) is 97.6 Å². The molecule has 3 aromatic rings. The largest absolute Gasteiger partial charge is 0.473 e. The second-order valence-electron chi connectivity index (χ2n) is 13.5. The maximum Gasteiger partial charge on any atom is 0.391 e. The smallest absolute Gasteiger partial charge is 0.391 e. The summed E-state index contributed by atoms with van der Waals surface area (Å²) in [7, 11) is 0. The molecule has 1 N–H and O–H groups in total. The van der Waals surface area contributed by atoms with E-state index in [2.05, 4.69) is 27.1 Å². The molecule has 12 nitrogen and oxygen atoms in total. The third-order valence-electron chi connectivity index (χ3n) is 6.26. The molecule has 0 saturated heterocycles. The molecule has 0 atom stereocenters. The van der Waals surface area contributed by atoms with Crippen molar-refractivity contribution in [2.24, 2.45) is 5.92 Å². The number of pyridine rings is 2. The van der Waals surface area contributed by atoms with Crippen LogP contribution < -0.4 is 15.2 Å². The molecule has 3 aromatic heterocycles. The highest BCUT2D eigenvalue weighted by Gasteiger charge is 2.46. The second-order valence-corrected chi connectivity index (χ2v) is 14.2. The van der Waals surface area contributed by atoms with E-state index in [1.54, 1.807) is 70.6 Å². The van der Waals surface area contributed by atoms with E-state index >= 15 is 0 Å². The van der Waals surface area contributed by atoms with Crippen molar-refractivity contribution >= 4 is 46.9 Å². The fourth-order valence-electron chi connectivity index (χ4n) is 3.71. The quantitative estimate of drug-likeness (QED) is 0.136. The predicted molar refractivity (Wildman–Crippen MR) is 185 cm³/mol. The van der Waals surface area contributed by atoms with Crippen molar-refractivity contribution in [3.63, 3.8) is 0 Å². The first-order chi connectivity index (χ1) is 23.6. The monoisotopic (exact) mass is 756 g/mol. The normalized spacial score (nSPS) is 14.1. The minimum atomic E-state index is -3.89. The lowest BCUT2D eigenvalue weighted by Crippen LogP contribution is -2.37. The van der Waals surface area contributed by atoms with Gasteiger partial charge in [0.2, 0.25) is 11.8 Å². The maximum absolute atomic E-state index is 12.1. The number of rotatable bonds is 8. The number of nitrogens with zero attached hydrogens (tertiary/aromatic N) is 5. The molecule has 17 heteroatoms. The molecule has 2 aliphatic carbocycles. The third kappa shape index (κ3) is 14.0. The standard InChI is InChI=1S/C16H18ClN3O3.C14H18ClN3O3.C4H5F3/c1-16(2,3)23-15(21)11-6-7-12(18-14(11)17)20-9-8-13(19-20)22-10-4-5-10;1-6-18(17-9(2)19)11-8-7-10(12(15)16-11)13(20)21-14(3,4)5;5-4(6,7)3-1-2-3/h6-10H,4-5H2,1-3H3;6-8H,1H2,2-5H3,(H,17,19);3H,1-2H2. The molecule has 2 fully saturated rings. The first-order valence-electron chi connectivity index (χ1n) is 15.8. The molecule has 51 heavy (non-hydrogen) atoms. The van der Waals surface area contributed by atoms with Crippen LogP contribution in [-0.2, 0) is 14.3 Å². The summed E-state index contributed by atoms with van der Waals surface area (Å²) in [6, 6.07) is 8.04. The summed E-state index contributed by atoms with van der Waals surface area (Å²) in [5.74, 6) is -0.903. The van der Waals surface area contributed by atoms with Crippen LogP contribution in [0.15, 0.2) is 49.3 Å². The van der Waals surface area contributed by atoms with E-state index in [1.165, 1.54) is 30.3 Å². The van der Waals surface area contributed by atoms with E-state index in [1.807, 2.05) is 0 Å². The van der Waals surface area contributed by atoms with Gasteiger partial charge in [-0.15, -0.1) is 5.10 Å². The molecule has 2 saturated carbocycles. The van der Waals surface area contributed by atoms with Crippen molar-refractivity contribution in [1.82, 2.24) is 25.2 Å². The number of carbonyl (C=O) groups excluding carboxylic acids is 3. The summed E-state index contributed by atoms with van der Waals surface area (Å²) in [5.41, 5.74) is 1.67. The van der Waals surface area contributed by atoms with Crippen LogP contribution in [0.5, 0.6) is 5.88 Å². The molecule has 0 bridgehead atoms. The van der Waals surface area contributed by atoms with Crippen LogP contribution in [-0.4, -0.2) is 61.1 Å². The Morgan fingerprint density at radius 1 is 0.882 bits per heavy atom. The van der Waals surface area contributed by atoms with Gasteiger partial charge >= 0.3 is 18.1 Å². The molecule has 0 aromatic carbocycles. The summed E-state index contributed by atoms with van der Waals surface area (Å²) in [5, 5.41) is 5.66. The van der Waals surface area contributed by atoms with E-state index in [4.69, 9.17) is 37.4 Å². The van der Waals surface area contributed by atoms with E-state index in [0.29, 0.717) is 30.4 Å². The fraction of sp³-hybridized carbons (Fsp3) is 0.471. The minimum absolute atomic E-state index is 0.0149. The number of halogens is 5. The average molecular weight is 758 g/mol. The van der Waals surface area contributed by atoms with Crippen LogP contribution in [0.3, 0.4) is 0 Å². The molecule has 0 radical (unpaired) electrons. The van der Waals surface area contributed by atoms with E-state index < -0.39 is 35.2 Å². The molecule has 3 heterocycles. The number of hydrogen-bond acceptors (Lipinski definition) is 10. The molecule has 278 valence electrons. The first kappa shape index (κ1) is 41.1.